The minimum Gasteiger partial charge on any atom is -0.480 e. The van der Waals surface area contributed by atoms with E-state index in [1.807, 2.05) is 34.6 Å². The van der Waals surface area contributed by atoms with Crippen molar-refractivity contribution >= 4 is 59.1 Å². The maximum Gasteiger partial charge on any atom is 0.322 e. The average molecular weight is 865 g/mol. The number of hydrogen-bond acceptors (Lipinski definition) is 11. The molecule has 0 spiro atoms. The molecule has 0 unspecified atom stereocenters. The summed E-state index contributed by atoms with van der Waals surface area (Å²) in [6.07, 6.45) is 2.50. The van der Waals surface area contributed by atoms with E-state index in [-0.39, 0.29) is 36.6 Å². The Hall–Kier alpha value is -5.34. The molecule has 2 fully saturated rings. The van der Waals surface area contributed by atoms with Crippen molar-refractivity contribution in [3.8, 4) is 0 Å². The highest BCUT2D eigenvalue weighted by atomic mass is 16.4. The van der Waals surface area contributed by atoms with Crippen LogP contribution in [0, 0.1) is 23.7 Å². The first-order valence-corrected chi connectivity index (χ1v) is 21.2. The molecule has 2 heterocycles. The Bertz CT molecular complexity index is 1610. The van der Waals surface area contributed by atoms with Gasteiger partial charge in [0.05, 0.1) is 25.7 Å². The smallest absolute Gasteiger partial charge is 0.322 e. The van der Waals surface area contributed by atoms with E-state index in [4.69, 9.17) is 10.8 Å². The van der Waals surface area contributed by atoms with Gasteiger partial charge in [0.2, 0.25) is 53.2 Å². The molecule has 2 rings (SSSR count). The molecule has 0 aromatic heterocycles. The van der Waals surface area contributed by atoms with Crippen LogP contribution >= 0.6 is 0 Å². The number of hydrogen-bond donors (Lipinski definition) is 9. The number of nitrogens with one attached hydrogen (secondary N) is 7. The summed E-state index contributed by atoms with van der Waals surface area (Å²) in [7, 11) is 0. The van der Waals surface area contributed by atoms with Crippen LogP contribution in [-0.4, -0.2) is 150 Å². The molecule has 2 saturated heterocycles. The molecule has 61 heavy (non-hydrogen) atoms. The van der Waals surface area contributed by atoms with Crippen LogP contribution in [0.25, 0.3) is 0 Å². The molecule has 10 N–H and O–H groups in total. The van der Waals surface area contributed by atoms with Crippen LogP contribution in [0.4, 0.5) is 0 Å². The molecule has 0 saturated carbocycles. The predicted octanol–water partition coefficient (Wildman–Crippen LogP) is -2.30. The zero-order valence-corrected chi connectivity index (χ0v) is 36.8. The summed E-state index contributed by atoms with van der Waals surface area (Å²) in [6.45, 7) is 12.7. The lowest BCUT2D eigenvalue weighted by Gasteiger charge is -2.30. The molecule has 9 amide bonds. The Kier molecular flexibility index (Phi) is 21.1. The molecule has 2 aliphatic heterocycles. The lowest BCUT2D eigenvalue weighted by molar-refractivity contribution is -0.142. The van der Waals surface area contributed by atoms with E-state index in [0.717, 1.165) is 0 Å². The van der Waals surface area contributed by atoms with Crippen molar-refractivity contribution in [2.75, 3.05) is 39.3 Å². The fourth-order valence-corrected chi connectivity index (χ4v) is 7.01. The fraction of sp³-hybridized carbons (Fsp3) is 0.750. The summed E-state index contributed by atoms with van der Waals surface area (Å²) < 4.78 is 0. The van der Waals surface area contributed by atoms with Gasteiger partial charge in [0, 0.05) is 13.1 Å². The molecule has 0 aromatic carbocycles. The minimum atomic E-state index is -1.25. The van der Waals surface area contributed by atoms with Crippen LogP contribution in [0.5, 0.6) is 0 Å². The second kappa shape index (κ2) is 24.8. The van der Waals surface area contributed by atoms with E-state index in [1.165, 1.54) is 9.80 Å². The maximum absolute atomic E-state index is 13.8. The van der Waals surface area contributed by atoms with E-state index < -0.39 is 122 Å². The number of rotatable bonds is 23. The SMILES string of the molecule is CC[C@H](C)[C@H](NC(=O)CNC(=O)[C@@H]1CCCN1C(=O)[C@@H](N)C(C)C)C(=O)NCC(=O)N[C@H](C(=O)N1CCC[C@H]1C(=O)NCC(=O)N[C@@H](CC(C)C)C(=O)NCC(=O)O)C(C)C. The first kappa shape index (κ1) is 51.8. The number of carboxylic acid groups (broad SMARTS) is 1. The molecular formula is C40H68N10O11. The van der Waals surface area contributed by atoms with Crippen LogP contribution in [0.3, 0.4) is 0 Å². The number of nitrogens with zero attached hydrogens (tertiary/aromatic N) is 2. The highest BCUT2D eigenvalue weighted by molar-refractivity contribution is 5.97. The normalized spacial score (nSPS) is 18.7. The lowest BCUT2D eigenvalue weighted by atomic mass is 9.98. The quantitative estimate of drug-likeness (QED) is 0.0524. The van der Waals surface area contributed by atoms with E-state index in [9.17, 15) is 47.9 Å². The number of carbonyl (C=O) groups is 10. The van der Waals surface area contributed by atoms with Gasteiger partial charge in [-0.15, -0.1) is 0 Å². The summed E-state index contributed by atoms with van der Waals surface area (Å²) >= 11 is 0. The highest BCUT2D eigenvalue weighted by Crippen LogP contribution is 2.21. The van der Waals surface area contributed by atoms with Gasteiger partial charge in [-0.25, -0.2) is 0 Å². The van der Waals surface area contributed by atoms with Gasteiger partial charge in [0.15, 0.2) is 0 Å². The van der Waals surface area contributed by atoms with Gasteiger partial charge in [0.1, 0.15) is 36.8 Å². The van der Waals surface area contributed by atoms with E-state index in [0.29, 0.717) is 38.6 Å². The van der Waals surface area contributed by atoms with E-state index in [1.54, 1.807) is 20.8 Å². The number of likely N-dealkylation sites (tertiary alicyclic amines) is 2. The zero-order valence-electron chi connectivity index (χ0n) is 36.8. The Morgan fingerprint density at radius 3 is 1.52 bits per heavy atom. The highest BCUT2D eigenvalue weighted by Gasteiger charge is 2.40. The van der Waals surface area contributed by atoms with E-state index >= 15 is 0 Å². The van der Waals surface area contributed by atoms with Gasteiger partial charge in [-0.1, -0.05) is 61.8 Å². The summed E-state index contributed by atoms with van der Waals surface area (Å²) in [4.78, 5) is 131. The van der Waals surface area contributed by atoms with Gasteiger partial charge in [-0.2, -0.15) is 0 Å². The predicted molar refractivity (Wildman–Crippen MR) is 221 cm³/mol. The maximum atomic E-state index is 13.8. The third-order valence-corrected chi connectivity index (χ3v) is 10.8. The summed E-state index contributed by atoms with van der Waals surface area (Å²) in [5, 5.41) is 26.5. The van der Waals surface area contributed by atoms with Crippen LogP contribution in [0.1, 0.15) is 93.9 Å². The average Bonchev–Trinajstić information content (AvgIpc) is 3.91. The molecule has 0 radical (unpaired) electrons. The number of aliphatic carboxylic acids is 1. The lowest BCUT2D eigenvalue weighted by Crippen LogP contribution is -2.58. The topological polar surface area (TPSA) is 308 Å². The Morgan fingerprint density at radius 1 is 0.607 bits per heavy atom. The van der Waals surface area contributed by atoms with Crippen LogP contribution in [0.15, 0.2) is 0 Å². The molecule has 0 aliphatic carbocycles. The first-order chi connectivity index (χ1) is 28.6. The Morgan fingerprint density at radius 2 is 1.07 bits per heavy atom. The van der Waals surface area contributed by atoms with E-state index in [2.05, 4.69) is 37.2 Å². The summed E-state index contributed by atoms with van der Waals surface area (Å²) in [6, 6.07) is -5.66. The summed E-state index contributed by atoms with van der Waals surface area (Å²) in [5.41, 5.74) is 6.03. The molecule has 344 valence electrons. The first-order valence-electron chi connectivity index (χ1n) is 21.2. The molecule has 21 nitrogen and oxygen atoms in total. The standard InChI is InChI=1S/C40H68N10O11/c1-9-24(8)34(48-30(53)18-43-36(57)26-12-10-14-49(26)39(60)32(41)22(4)5)38(59)44-19-29(52)47-33(23(6)7)40(61)50-15-11-13-27(50)37(58)42-17-28(51)46-25(16-21(2)3)35(56)45-20-31(54)55/h21-27,32-34H,9-20,41H2,1-8H3,(H,42,58)(H,43,57)(H,44,59)(H,45,56)(H,46,51)(H,47,52)(H,48,53)(H,54,55)/t24-,25-,26-,27-,32-,33-,34-/m0/s1. The number of carbonyl (C=O) groups excluding carboxylic acids is 9. The third-order valence-electron chi connectivity index (χ3n) is 10.8. The largest absolute Gasteiger partial charge is 0.480 e. The third kappa shape index (κ3) is 16.2. The summed E-state index contributed by atoms with van der Waals surface area (Å²) in [5.74, 6) is -7.58. The molecule has 21 heteroatoms. The van der Waals surface area contributed by atoms with Crippen LogP contribution < -0.4 is 43.0 Å². The van der Waals surface area contributed by atoms with Crippen molar-refractivity contribution < 1.29 is 53.1 Å². The van der Waals surface area contributed by atoms with Crippen molar-refractivity contribution in [1.29, 1.82) is 0 Å². The molecular weight excluding hydrogens is 796 g/mol. The minimum absolute atomic E-state index is 0.0226. The second-order valence-corrected chi connectivity index (χ2v) is 16.9. The van der Waals surface area contributed by atoms with Crippen molar-refractivity contribution in [2.45, 2.75) is 130 Å². The van der Waals surface area contributed by atoms with Crippen LogP contribution in [0.2, 0.25) is 0 Å². The van der Waals surface area contributed by atoms with Crippen molar-refractivity contribution in [2.24, 2.45) is 29.4 Å². The molecule has 0 bridgehead atoms. The zero-order chi connectivity index (χ0) is 46.1. The fourth-order valence-electron chi connectivity index (χ4n) is 7.01. The number of amides is 9. The molecule has 2 aliphatic rings. The monoisotopic (exact) mass is 865 g/mol. The molecule has 7 atom stereocenters. The van der Waals surface area contributed by atoms with Gasteiger partial charge >= 0.3 is 5.97 Å². The Labute approximate surface area is 357 Å². The van der Waals surface area contributed by atoms with Crippen molar-refractivity contribution in [3.05, 3.63) is 0 Å². The second-order valence-electron chi connectivity index (χ2n) is 16.9. The number of nitrogens with two attached hydrogens (primary N) is 1. The van der Waals surface area contributed by atoms with Crippen molar-refractivity contribution in [3.63, 3.8) is 0 Å². The van der Waals surface area contributed by atoms with Gasteiger partial charge in [-0.05, 0) is 55.8 Å². The van der Waals surface area contributed by atoms with Crippen LogP contribution in [-0.2, 0) is 47.9 Å². The Balaban J connectivity index is 1.96. The molecule has 0 aromatic rings. The van der Waals surface area contributed by atoms with Gasteiger partial charge < -0.3 is 57.9 Å². The van der Waals surface area contributed by atoms with Gasteiger partial charge in [-0.3, -0.25) is 47.9 Å². The van der Waals surface area contributed by atoms with Crippen molar-refractivity contribution in [1.82, 2.24) is 47.0 Å². The number of carboxylic acids is 1. The van der Waals surface area contributed by atoms with Gasteiger partial charge in [0.25, 0.3) is 0 Å².